The van der Waals surface area contributed by atoms with Crippen molar-refractivity contribution < 1.29 is 173 Å². The minimum absolute atomic E-state index is 0.00769. The standard InChI is InChI=1S/C15H11F4NO2.C14H9F4NO2.C14H11F3N2O2.C14H10F3NO2.C13H7F4NO2.C13H9F3N2O2.C13H8F3NO2/c1-2-22-14(21)11-7-8-12(15(17,18)19)20-13(11)9-3-5-10(16)6-4-9;1-21-13(20)10-6-7-11(14(16,17)18)19-12(10)8-2-4-9(15)5-3-8;1-2-21-13(20)9-6-7-11(14(15,16)17)19-12(9)10-5-3-4-8-18-10;1-20-13(19)10-7-8-11(14(15,16)17)18-12(10)9-5-3-2-4-6-9;14-8-3-1-7(2-4-8)11-9(12(19)20)5-6-10(18-11)13(15,16)17;1-20-12(19)8-5-6-10(13(14,15)16)18-11(8)9-4-2-3-7-17-9;14-13(15,16)10-7-6-9(12(18)19)11(17-10)8-4-2-1-3-5-8/h3-8H,2H2,1H3;2-7H,1H3;3-8H,2H2,1H3;2-8H,1H3;1-6H,(H,19,20);2-7H,1H3;1-7H,(H,18,19). The van der Waals surface area contributed by atoms with Gasteiger partial charge in [-0.05, 0) is 196 Å². The van der Waals surface area contributed by atoms with Gasteiger partial charge in [0, 0.05) is 40.2 Å². The summed E-state index contributed by atoms with van der Waals surface area (Å²) in [5, 5.41) is 18.0. The van der Waals surface area contributed by atoms with E-state index in [2.05, 4.69) is 59.1 Å². The van der Waals surface area contributed by atoms with Gasteiger partial charge in [0.05, 0.1) is 113 Å². The number of rotatable bonds is 16. The summed E-state index contributed by atoms with van der Waals surface area (Å²) in [7, 11) is 3.41. The number of aromatic nitrogens is 9. The van der Waals surface area contributed by atoms with Gasteiger partial charge in [0.1, 0.15) is 68.7 Å². The van der Waals surface area contributed by atoms with Gasteiger partial charge in [-0.15, -0.1) is 0 Å². The summed E-state index contributed by atoms with van der Waals surface area (Å²) in [6.07, 6.45) is -29.6. The Hall–Kier alpha value is -16.9. The van der Waals surface area contributed by atoms with E-state index in [0.29, 0.717) is 35.4 Å². The SMILES string of the molecule is CCOC(=O)c1ccc(C(F)(F)F)nc1-c1ccc(F)cc1.CCOC(=O)c1ccc(C(F)(F)F)nc1-c1ccccn1.COC(=O)c1ccc(C(F)(F)F)nc1-c1ccc(F)cc1.COC(=O)c1ccc(C(F)(F)F)nc1-c1ccccc1.COC(=O)c1ccc(C(F)(F)F)nc1-c1ccccn1.O=C(O)c1ccc(C(F)(F)F)nc1-c1ccc(F)cc1.O=C(O)c1ccc(C(F)(F)F)nc1-c1ccccc1. The van der Waals surface area contributed by atoms with Crippen molar-refractivity contribution in [2.75, 3.05) is 34.5 Å². The lowest BCUT2D eigenvalue weighted by molar-refractivity contribution is -0.141. The van der Waals surface area contributed by atoms with Gasteiger partial charge in [-0.25, -0.2) is 81.6 Å². The summed E-state index contributed by atoms with van der Waals surface area (Å²) in [6, 6.07) is 50.9. The molecule has 0 fully saturated rings. The number of esters is 5. The molecule has 47 heteroatoms. The normalized spacial score (nSPS) is 11.3. The molecule has 2 N–H and O–H groups in total. The number of carbonyl (C=O) groups is 7. The number of pyridine rings is 9. The average Bonchev–Trinajstić information content (AvgIpc) is 0.809. The first-order valence-corrected chi connectivity index (χ1v) is 40.0. The molecular weight excluding hydrogens is 1960 g/mol. The Labute approximate surface area is 790 Å². The van der Waals surface area contributed by atoms with Crippen LogP contribution in [0.4, 0.5) is 105 Å². The predicted octanol–water partition coefficient (Wildman–Crippen LogP) is 24.7. The Balaban J connectivity index is 0.000000204. The second-order valence-electron chi connectivity index (χ2n) is 27.8. The first kappa shape index (κ1) is 111. The Morgan fingerprint density at radius 3 is 0.629 bits per heavy atom. The summed E-state index contributed by atoms with van der Waals surface area (Å²) < 4.78 is 329. The zero-order valence-electron chi connectivity index (χ0n) is 73.2. The molecule has 0 radical (unpaired) electrons. The predicted molar refractivity (Wildman–Crippen MR) is 458 cm³/mol. The molecule has 0 bridgehead atoms. The number of methoxy groups -OCH3 is 3. The van der Waals surface area contributed by atoms with Gasteiger partial charge in [0.25, 0.3) is 0 Å². The molecule has 0 atom stereocenters. The highest BCUT2D eigenvalue weighted by atomic mass is 19.4. The second kappa shape index (κ2) is 48.6. The fraction of sp³-hybridized carbons (Fsp3) is 0.146. The molecule has 23 nitrogen and oxygen atoms in total. The first-order valence-electron chi connectivity index (χ1n) is 40.0. The van der Waals surface area contributed by atoms with E-state index in [1.54, 1.807) is 86.6 Å². The number of ether oxygens (including phenoxy) is 5. The number of alkyl halides is 21. The zero-order valence-corrected chi connectivity index (χ0v) is 73.2. The quantitative estimate of drug-likeness (QED) is 0.0515. The van der Waals surface area contributed by atoms with Gasteiger partial charge < -0.3 is 33.9 Å². The van der Waals surface area contributed by atoms with Crippen molar-refractivity contribution in [3.05, 3.63) is 363 Å². The van der Waals surface area contributed by atoms with Crippen molar-refractivity contribution in [2.24, 2.45) is 0 Å². The highest BCUT2D eigenvalue weighted by Gasteiger charge is 2.41. The molecule has 746 valence electrons. The summed E-state index contributed by atoms with van der Waals surface area (Å²) in [6.45, 7) is 3.37. The molecule has 14 rings (SSSR count). The van der Waals surface area contributed by atoms with Crippen LogP contribution in [0.2, 0.25) is 0 Å². The molecular formula is C96H65F24N9O14. The molecule has 9 heterocycles. The molecule has 0 aliphatic heterocycles. The molecule has 0 aliphatic carbocycles. The van der Waals surface area contributed by atoms with Crippen LogP contribution in [0.1, 0.15) is 126 Å². The third-order valence-corrected chi connectivity index (χ3v) is 18.2. The van der Waals surface area contributed by atoms with Gasteiger partial charge in [-0.1, -0.05) is 72.8 Å². The molecule has 9 aromatic heterocycles. The zero-order chi connectivity index (χ0) is 106. The van der Waals surface area contributed by atoms with Crippen LogP contribution < -0.4 is 0 Å². The molecule has 14 aromatic rings. The van der Waals surface area contributed by atoms with E-state index in [9.17, 15) is 139 Å². The number of carboxylic acid groups (broad SMARTS) is 2. The van der Waals surface area contributed by atoms with Crippen LogP contribution in [-0.4, -0.2) is 131 Å². The number of hydrogen-bond donors (Lipinski definition) is 2. The summed E-state index contributed by atoms with van der Waals surface area (Å²) >= 11 is 0. The Kier molecular flexibility index (Phi) is 37.8. The van der Waals surface area contributed by atoms with Crippen molar-refractivity contribution in [1.82, 2.24) is 44.9 Å². The summed E-state index contributed by atoms with van der Waals surface area (Å²) in [5.41, 5.74) is -8.62. The molecule has 0 unspecified atom stereocenters. The van der Waals surface area contributed by atoms with Crippen LogP contribution in [-0.2, 0) is 66.9 Å². The molecule has 143 heavy (non-hydrogen) atoms. The van der Waals surface area contributed by atoms with E-state index in [-0.39, 0.29) is 120 Å². The summed E-state index contributed by atoms with van der Waals surface area (Å²) in [4.78, 5) is 113. The Morgan fingerprint density at radius 1 is 0.238 bits per heavy atom. The summed E-state index contributed by atoms with van der Waals surface area (Å²) in [5.74, 6) is -8.27. The third-order valence-electron chi connectivity index (χ3n) is 18.2. The van der Waals surface area contributed by atoms with Crippen LogP contribution in [0.3, 0.4) is 0 Å². The maximum Gasteiger partial charge on any atom is 0.433 e. The van der Waals surface area contributed by atoms with Gasteiger partial charge in [-0.3, -0.25) is 9.97 Å². The third kappa shape index (κ3) is 31.3. The number of aromatic carboxylic acids is 2. The largest absolute Gasteiger partial charge is 0.478 e. The van der Waals surface area contributed by atoms with E-state index in [1.807, 2.05) is 0 Å². The van der Waals surface area contributed by atoms with Crippen LogP contribution in [0.15, 0.2) is 267 Å². The van der Waals surface area contributed by atoms with Gasteiger partial charge in [0.2, 0.25) is 0 Å². The number of nitrogens with zero attached hydrogens (tertiary/aromatic N) is 9. The molecule has 0 saturated heterocycles. The van der Waals surface area contributed by atoms with Crippen molar-refractivity contribution in [1.29, 1.82) is 0 Å². The van der Waals surface area contributed by atoms with Crippen molar-refractivity contribution in [3.8, 4) is 79.1 Å². The molecule has 0 spiro atoms. The van der Waals surface area contributed by atoms with E-state index in [0.717, 1.165) is 118 Å². The van der Waals surface area contributed by atoms with Crippen molar-refractivity contribution in [2.45, 2.75) is 57.1 Å². The Bertz CT molecular complexity index is 6660. The van der Waals surface area contributed by atoms with Gasteiger partial charge in [0.15, 0.2) is 0 Å². The number of carboxylic acids is 2. The molecule has 5 aromatic carbocycles. The van der Waals surface area contributed by atoms with E-state index < -0.39 is 142 Å². The lowest BCUT2D eigenvalue weighted by Crippen LogP contribution is -2.13. The molecule has 0 amide bonds. The van der Waals surface area contributed by atoms with Crippen LogP contribution in [0.5, 0.6) is 0 Å². The van der Waals surface area contributed by atoms with Gasteiger partial charge >= 0.3 is 85.0 Å². The molecule has 0 aliphatic rings. The maximum absolute atomic E-state index is 13.0. The van der Waals surface area contributed by atoms with Crippen LogP contribution in [0.25, 0.3) is 79.1 Å². The van der Waals surface area contributed by atoms with E-state index in [1.165, 1.54) is 73.1 Å². The second-order valence-corrected chi connectivity index (χ2v) is 27.8. The lowest BCUT2D eigenvalue weighted by Gasteiger charge is -2.12. The highest BCUT2D eigenvalue weighted by molar-refractivity contribution is 6.00. The average molecular weight is 2020 g/mol. The van der Waals surface area contributed by atoms with Gasteiger partial charge in [-0.2, -0.15) is 92.2 Å². The fourth-order valence-corrected chi connectivity index (χ4v) is 11.7. The van der Waals surface area contributed by atoms with Crippen LogP contribution in [0, 0.1) is 17.5 Å². The lowest BCUT2D eigenvalue weighted by atomic mass is 10.0. The number of hydrogen-bond acceptors (Lipinski definition) is 21. The minimum atomic E-state index is -4.69. The molecule has 0 saturated carbocycles. The van der Waals surface area contributed by atoms with Crippen molar-refractivity contribution in [3.63, 3.8) is 0 Å². The van der Waals surface area contributed by atoms with Crippen LogP contribution >= 0.6 is 0 Å². The first-order chi connectivity index (χ1) is 67.1. The maximum atomic E-state index is 13.0. The topological polar surface area (TPSA) is 322 Å². The number of halogens is 24. The fourth-order valence-electron chi connectivity index (χ4n) is 11.7. The monoisotopic (exact) mass is 2020 g/mol. The smallest absolute Gasteiger partial charge is 0.433 e. The minimum Gasteiger partial charge on any atom is -0.478 e. The Morgan fingerprint density at radius 2 is 0.427 bits per heavy atom. The van der Waals surface area contributed by atoms with Crippen molar-refractivity contribution >= 4 is 41.8 Å². The number of benzene rings is 5. The number of carbonyl (C=O) groups excluding carboxylic acids is 5. The highest BCUT2D eigenvalue weighted by Crippen LogP contribution is 2.40. The van der Waals surface area contributed by atoms with E-state index >= 15 is 0 Å². The van der Waals surface area contributed by atoms with E-state index in [4.69, 9.17) is 19.7 Å².